The van der Waals surface area contributed by atoms with Gasteiger partial charge in [-0.2, -0.15) is 0 Å². The highest BCUT2D eigenvalue weighted by Crippen LogP contribution is 2.19. The summed E-state index contributed by atoms with van der Waals surface area (Å²) in [6, 6.07) is 7.22. The van der Waals surface area contributed by atoms with Gasteiger partial charge in [-0.25, -0.2) is 0 Å². The monoisotopic (exact) mass is 279 g/mol. The highest BCUT2D eigenvalue weighted by molar-refractivity contribution is 6.00. The number of Topliss-reactive ketones (excluding diaryl/α,β-unsaturated/α-hetero) is 1. The van der Waals surface area contributed by atoms with Gasteiger partial charge in [0.1, 0.15) is 5.75 Å². The summed E-state index contributed by atoms with van der Waals surface area (Å²) in [5, 5.41) is 9.20. The quantitative estimate of drug-likeness (QED) is 0.814. The Balaban J connectivity index is 2.03. The van der Waals surface area contributed by atoms with Crippen LogP contribution in [0.4, 0.5) is 0 Å². The van der Waals surface area contributed by atoms with Crippen LogP contribution in [-0.4, -0.2) is 61.3 Å². The number of para-hydroxylation sites is 1. The van der Waals surface area contributed by atoms with Gasteiger partial charge in [0.15, 0.2) is 5.78 Å². The Hall–Kier alpha value is -1.43. The number of aliphatic hydroxyl groups is 1. The number of carbonyl (C=O) groups excluding carboxylic acids is 1. The number of hydrogen-bond donors (Lipinski definition) is 1. The number of ether oxygens (including phenoxy) is 2. The largest absolute Gasteiger partial charge is 0.496 e. The second kappa shape index (κ2) is 6.83. The molecule has 1 fully saturated rings. The molecule has 5 nitrogen and oxygen atoms in total. The van der Waals surface area contributed by atoms with Crippen molar-refractivity contribution in [2.24, 2.45) is 0 Å². The van der Waals surface area contributed by atoms with Crippen molar-refractivity contribution in [3.63, 3.8) is 0 Å². The van der Waals surface area contributed by atoms with E-state index in [2.05, 4.69) is 0 Å². The number of morpholine rings is 1. The second-order valence-electron chi connectivity index (χ2n) is 5.07. The number of ketones is 1. The maximum absolute atomic E-state index is 12.4. The zero-order chi connectivity index (χ0) is 14.5. The third-order valence-corrected chi connectivity index (χ3v) is 3.38. The molecule has 2 atom stereocenters. The van der Waals surface area contributed by atoms with Crippen molar-refractivity contribution in [3.05, 3.63) is 29.8 Å². The van der Waals surface area contributed by atoms with Crippen molar-refractivity contribution in [1.82, 2.24) is 4.90 Å². The smallest absolute Gasteiger partial charge is 0.180 e. The molecule has 110 valence electrons. The maximum atomic E-state index is 12.4. The number of hydrogen-bond acceptors (Lipinski definition) is 5. The van der Waals surface area contributed by atoms with E-state index in [9.17, 15) is 9.90 Å². The first-order valence-electron chi connectivity index (χ1n) is 6.79. The van der Waals surface area contributed by atoms with Crippen LogP contribution in [0, 0.1) is 0 Å². The molecule has 0 saturated carbocycles. The van der Waals surface area contributed by atoms with Crippen molar-refractivity contribution in [3.8, 4) is 5.75 Å². The highest BCUT2D eigenvalue weighted by Gasteiger charge is 2.26. The van der Waals surface area contributed by atoms with E-state index >= 15 is 0 Å². The van der Waals surface area contributed by atoms with Gasteiger partial charge in [-0.05, 0) is 19.1 Å². The number of carbonyl (C=O) groups is 1. The Morgan fingerprint density at radius 3 is 2.90 bits per heavy atom. The van der Waals surface area contributed by atoms with Crippen LogP contribution in [0.25, 0.3) is 0 Å². The summed E-state index contributed by atoms with van der Waals surface area (Å²) in [6.45, 7) is 3.50. The summed E-state index contributed by atoms with van der Waals surface area (Å²) in [6.07, 6.45) is -0.199. The molecule has 1 aliphatic heterocycles. The minimum absolute atomic E-state index is 0.0198. The predicted octanol–water partition coefficient (Wildman–Crippen LogP) is 0.959. The van der Waals surface area contributed by atoms with Crippen molar-refractivity contribution in [1.29, 1.82) is 0 Å². The van der Waals surface area contributed by atoms with Crippen LogP contribution in [0.2, 0.25) is 0 Å². The minimum atomic E-state index is -0.218. The fraction of sp³-hybridized carbons (Fsp3) is 0.533. The molecule has 1 aromatic rings. The molecule has 1 aromatic carbocycles. The van der Waals surface area contributed by atoms with E-state index in [4.69, 9.17) is 9.47 Å². The second-order valence-corrected chi connectivity index (χ2v) is 5.07. The van der Waals surface area contributed by atoms with E-state index in [0.717, 1.165) is 0 Å². The predicted molar refractivity (Wildman–Crippen MR) is 75.2 cm³/mol. The van der Waals surface area contributed by atoms with Crippen molar-refractivity contribution in [2.75, 3.05) is 33.4 Å². The molecule has 1 saturated heterocycles. The third kappa shape index (κ3) is 3.56. The van der Waals surface area contributed by atoms with E-state index in [1.165, 1.54) is 0 Å². The first-order valence-corrected chi connectivity index (χ1v) is 6.79. The minimum Gasteiger partial charge on any atom is -0.496 e. The Labute approximate surface area is 119 Å². The number of aliphatic hydroxyl groups excluding tert-OH is 1. The van der Waals surface area contributed by atoms with Gasteiger partial charge in [0.05, 0.1) is 38.0 Å². The standard InChI is InChI=1S/C15H21NO4/c1-11-7-16(8-12(10-17)20-11)9-14(18)13-5-3-4-6-15(13)19-2/h3-6,11-12,17H,7-10H2,1-2H3. The average Bonchev–Trinajstić information content (AvgIpc) is 2.46. The van der Waals surface area contributed by atoms with Gasteiger partial charge in [-0.1, -0.05) is 12.1 Å². The van der Waals surface area contributed by atoms with Gasteiger partial charge in [0.2, 0.25) is 0 Å². The summed E-state index contributed by atoms with van der Waals surface area (Å²) >= 11 is 0. The number of nitrogens with zero attached hydrogens (tertiary/aromatic N) is 1. The third-order valence-electron chi connectivity index (χ3n) is 3.38. The summed E-state index contributed by atoms with van der Waals surface area (Å²) in [5.74, 6) is 0.616. The van der Waals surface area contributed by atoms with E-state index in [0.29, 0.717) is 30.9 Å². The van der Waals surface area contributed by atoms with Crippen molar-refractivity contribution in [2.45, 2.75) is 19.1 Å². The van der Waals surface area contributed by atoms with Gasteiger partial charge < -0.3 is 14.6 Å². The number of methoxy groups -OCH3 is 1. The Morgan fingerprint density at radius 2 is 2.20 bits per heavy atom. The molecule has 0 aliphatic carbocycles. The van der Waals surface area contributed by atoms with Gasteiger partial charge in [-0.3, -0.25) is 9.69 Å². The van der Waals surface area contributed by atoms with Gasteiger partial charge in [0.25, 0.3) is 0 Å². The van der Waals surface area contributed by atoms with E-state index in [-0.39, 0.29) is 24.6 Å². The lowest BCUT2D eigenvalue weighted by molar-refractivity contribution is -0.0926. The van der Waals surface area contributed by atoms with E-state index in [1.54, 1.807) is 19.2 Å². The molecule has 0 spiro atoms. The van der Waals surface area contributed by atoms with Gasteiger partial charge in [-0.15, -0.1) is 0 Å². The van der Waals surface area contributed by atoms with Crippen LogP contribution in [0.15, 0.2) is 24.3 Å². The molecule has 0 amide bonds. The van der Waals surface area contributed by atoms with Gasteiger partial charge >= 0.3 is 0 Å². The van der Waals surface area contributed by atoms with E-state index < -0.39 is 0 Å². The normalized spacial score (nSPS) is 23.6. The highest BCUT2D eigenvalue weighted by atomic mass is 16.5. The molecule has 1 heterocycles. The summed E-state index contributed by atoms with van der Waals surface area (Å²) in [5.41, 5.74) is 0.592. The molecule has 1 aliphatic rings. The average molecular weight is 279 g/mol. The lowest BCUT2D eigenvalue weighted by Crippen LogP contribution is -2.49. The first kappa shape index (κ1) is 15.0. The molecule has 0 aromatic heterocycles. The van der Waals surface area contributed by atoms with Crippen LogP contribution >= 0.6 is 0 Å². The Bertz CT molecular complexity index is 463. The lowest BCUT2D eigenvalue weighted by Gasteiger charge is -2.35. The van der Waals surface area contributed by atoms with Crippen LogP contribution < -0.4 is 4.74 Å². The fourth-order valence-electron chi connectivity index (χ4n) is 2.53. The molecule has 1 N–H and O–H groups in total. The molecule has 0 bridgehead atoms. The maximum Gasteiger partial charge on any atom is 0.180 e. The molecule has 0 radical (unpaired) electrons. The van der Waals surface area contributed by atoms with Crippen LogP contribution in [0.3, 0.4) is 0 Å². The SMILES string of the molecule is COc1ccccc1C(=O)CN1CC(C)OC(CO)C1. The van der Waals surface area contributed by atoms with Crippen LogP contribution in [0.1, 0.15) is 17.3 Å². The summed E-state index contributed by atoms with van der Waals surface area (Å²) in [7, 11) is 1.56. The van der Waals surface area contributed by atoms with Gasteiger partial charge in [0, 0.05) is 13.1 Å². The Morgan fingerprint density at radius 1 is 1.45 bits per heavy atom. The lowest BCUT2D eigenvalue weighted by atomic mass is 10.1. The first-order chi connectivity index (χ1) is 9.63. The molecule has 5 heteroatoms. The van der Waals surface area contributed by atoms with Crippen molar-refractivity contribution < 1.29 is 19.4 Å². The zero-order valence-corrected chi connectivity index (χ0v) is 11.9. The number of rotatable bonds is 5. The fourth-order valence-corrected chi connectivity index (χ4v) is 2.53. The zero-order valence-electron chi connectivity index (χ0n) is 11.9. The summed E-state index contributed by atoms with van der Waals surface area (Å²) in [4.78, 5) is 14.4. The van der Waals surface area contributed by atoms with E-state index in [1.807, 2.05) is 24.0 Å². The molecule has 20 heavy (non-hydrogen) atoms. The Kier molecular flexibility index (Phi) is 5.11. The molecule has 2 unspecified atom stereocenters. The van der Waals surface area contributed by atoms with Crippen LogP contribution in [0.5, 0.6) is 5.75 Å². The molecular formula is C15H21NO4. The number of benzene rings is 1. The van der Waals surface area contributed by atoms with Crippen LogP contribution in [-0.2, 0) is 4.74 Å². The van der Waals surface area contributed by atoms with Crippen molar-refractivity contribution >= 4 is 5.78 Å². The topological polar surface area (TPSA) is 59.0 Å². The molecular weight excluding hydrogens is 258 g/mol. The summed E-state index contributed by atoms with van der Waals surface area (Å²) < 4.78 is 10.8. The molecule has 2 rings (SSSR count).